The molecule has 0 aliphatic rings. The zero-order chi connectivity index (χ0) is 10.5. The number of nitrogens with zero attached hydrogens (tertiary/aromatic N) is 2. The third kappa shape index (κ3) is 2.95. The maximum absolute atomic E-state index is 5.24. The molecule has 0 bridgehead atoms. The smallest absolute Gasteiger partial charge is 0.117 e. The molecule has 0 radical (unpaired) electrons. The Morgan fingerprint density at radius 1 is 1.60 bits per heavy atom. The number of hydrogen-bond donors (Lipinski definition) is 1. The van der Waals surface area contributed by atoms with E-state index in [4.69, 9.17) is 4.42 Å². The summed E-state index contributed by atoms with van der Waals surface area (Å²) in [5.74, 6) is 0.965. The molecular formula is C11H15N3O. The lowest BCUT2D eigenvalue weighted by molar-refractivity contribution is 0.428. The highest BCUT2D eigenvalue weighted by Crippen LogP contribution is 2.00. The zero-order valence-electron chi connectivity index (χ0n) is 8.76. The number of aromatic nitrogens is 2. The molecule has 0 saturated heterocycles. The highest BCUT2D eigenvalue weighted by atomic mass is 16.3. The molecule has 80 valence electrons. The number of hydrogen-bond acceptors (Lipinski definition) is 3. The van der Waals surface area contributed by atoms with Crippen molar-refractivity contribution in [2.45, 2.75) is 26.1 Å². The van der Waals surface area contributed by atoms with Gasteiger partial charge in [-0.2, -0.15) is 0 Å². The van der Waals surface area contributed by atoms with Crippen LogP contribution in [0, 0.1) is 0 Å². The summed E-state index contributed by atoms with van der Waals surface area (Å²) in [6.45, 7) is 3.83. The fourth-order valence-electron chi connectivity index (χ4n) is 1.46. The summed E-state index contributed by atoms with van der Waals surface area (Å²) in [6, 6.07) is 4.26. The molecule has 0 aliphatic carbocycles. The lowest BCUT2D eigenvalue weighted by atomic mass is 10.3. The van der Waals surface area contributed by atoms with E-state index in [1.165, 1.54) is 0 Å². The van der Waals surface area contributed by atoms with Gasteiger partial charge in [-0.25, -0.2) is 4.98 Å². The molecule has 4 nitrogen and oxygen atoms in total. The van der Waals surface area contributed by atoms with Gasteiger partial charge in [-0.1, -0.05) is 0 Å². The Morgan fingerprint density at radius 3 is 3.20 bits per heavy atom. The van der Waals surface area contributed by atoms with Gasteiger partial charge in [0, 0.05) is 25.0 Å². The highest BCUT2D eigenvalue weighted by molar-refractivity contribution is 4.97. The normalized spacial score (nSPS) is 12.9. The Bertz CT molecular complexity index is 366. The molecule has 1 atom stereocenters. The first-order valence-electron chi connectivity index (χ1n) is 5.06. The Balaban J connectivity index is 1.76. The van der Waals surface area contributed by atoms with Crippen molar-refractivity contribution in [3.63, 3.8) is 0 Å². The van der Waals surface area contributed by atoms with E-state index >= 15 is 0 Å². The van der Waals surface area contributed by atoms with Crippen LogP contribution in [0.3, 0.4) is 0 Å². The predicted octanol–water partition coefficient (Wildman–Crippen LogP) is 1.65. The van der Waals surface area contributed by atoms with Crippen LogP contribution in [0.15, 0.2) is 41.5 Å². The largest absolute Gasteiger partial charge is 0.468 e. The van der Waals surface area contributed by atoms with Gasteiger partial charge in [0.25, 0.3) is 0 Å². The Kier molecular flexibility index (Phi) is 3.19. The van der Waals surface area contributed by atoms with Gasteiger partial charge in [-0.05, 0) is 19.1 Å². The van der Waals surface area contributed by atoms with Crippen molar-refractivity contribution in [3.8, 4) is 0 Å². The second-order valence-electron chi connectivity index (χ2n) is 3.62. The van der Waals surface area contributed by atoms with Gasteiger partial charge in [0.15, 0.2) is 0 Å². The molecule has 0 saturated carbocycles. The van der Waals surface area contributed by atoms with E-state index in [2.05, 4.69) is 21.8 Å². The summed E-state index contributed by atoms with van der Waals surface area (Å²) in [7, 11) is 0. The Labute approximate surface area is 88.9 Å². The van der Waals surface area contributed by atoms with Crippen LogP contribution in [0.5, 0.6) is 0 Å². The fourth-order valence-corrected chi connectivity index (χ4v) is 1.46. The van der Waals surface area contributed by atoms with Crippen molar-refractivity contribution in [3.05, 3.63) is 42.9 Å². The van der Waals surface area contributed by atoms with E-state index < -0.39 is 0 Å². The average Bonchev–Trinajstić information content (AvgIpc) is 2.86. The van der Waals surface area contributed by atoms with Crippen molar-refractivity contribution in [2.75, 3.05) is 0 Å². The molecule has 0 spiro atoms. The molecule has 1 N–H and O–H groups in total. The van der Waals surface area contributed by atoms with Gasteiger partial charge < -0.3 is 14.3 Å². The van der Waals surface area contributed by atoms with Gasteiger partial charge >= 0.3 is 0 Å². The molecule has 0 aromatic carbocycles. The van der Waals surface area contributed by atoms with E-state index in [1.54, 1.807) is 12.5 Å². The summed E-state index contributed by atoms with van der Waals surface area (Å²) in [4.78, 5) is 4.00. The first-order valence-corrected chi connectivity index (χ1v) is 5.06. The summed E-state index contributed by atoms with van der Waals surface area (Å²) in [5.41, 5.74) is 0. The van der Waals surface area contributed by atoms with E-state index in [0.29, 0.717) is 6.04 Å². The number of rotatable bonds is 5. The predicted molar refractivity (Wildman–Crippen MR) is 57.2 cm³/mol. The number of imidazole rings is 1. The lowest BCUT2D eigenvalue weighted by Crippen LogP contribution is -2.29. The van der Waals surface area contributed by atoms with Crippen molar-refractivity contribution >= 4 is 0 Å². The first-order chi connectivity index (χ1) is 7.34. The van der Waals surface area contributed by atoms with Gasteiger partial charge in [0.05, 0.1) is 19.1 Å². The summed E-state index contributed by atoms with van der Waals surface area (Å²) >= 11 is 0. The molecule has 15 heavy (non-hydrogen) atoms. The maximum atomic E-state index is 5.24. The lowest BCUT2D eigenvalue weighted by Gasteiger charge is -2.13. The maximum Gasteiger partial charge on any atom is 0.117 e. The second-order valence-corrected chi connectivity index (χ2v) is 3.62. The van der Waals surface area contributed by atoms with Crippen LogP contribution in [0.4, 0.5) is 0 Å². The Hall–Kier alpha value is -1.55. The molecule has 2 aromatic heterocycles. The summed E-state index contributed by atoms with van der Waals surface area (Å²) in [5, 5.41) is 3.38. The molecule has 1 unspecified atom stereocenters. The van der Waals surface area contributed by atoms with Crippen molar-refractivity contribution in [1.29, 1.82) is 0 Å². The minimum absolute atomic E-state index is 0.393. The summed E-state index contributed by atoms with van der Waals surface area (Å²) < 4.78 is 7.29. The Morgan fingerprint density at radius 2 is 2.53 bits per heavy atom. The van der Waals surface area contributed by atoms with Gasteiger partial charge in [-0.15, -0.1) is 0 Å². The van der Waals surface area contributed by atoms with Crippen LogP contribution in [-0.4, -0.2) is 15.6 Å². The molecule has 0 amide bonds. The van der Waals surface area contributed by atoms with E-state index in [-0.39, 0.29) is 0 Å². The quantitative estimate of drug-likeness (QED) is 0.807. The van der Waals surface area contributed by atoms with Crippen LogP contribution in [0.25, 0.3) is 0 Å². The molecule has 2 heterocycles. The van der Waals surface area contributed by atoms with E-state index in [0.717, 1.165) is 18.8 Å². The molecule has 0 fully saturated rings. The molecule has 2 rings (SSSR count). The van der Waals surface area contributed by atoms with Crippen molar-refractivity contribution < 1.29 is 4.42 Å². The second kappa shape index (κ2) is 4.79. The van der Waals surface area contributed by atoms with Gasteiger partial charge in [0.2, 0.25) is 0 Å². The van der Waals surface area contributed by atoms with E-state index in [1.807, 2.05) is 24.7 Å². The van der Waals surface area contributed by atoms with Gasteiger partial charge in [-0.3, -0.25) is 0 Å². The topological polar surface area (TPSA) is 43.0 Å². The highest BCUT2D eigenvalue weighted by Gasteiger charge is 2.03. The standard InChI is InChI=1S/C11H15N3O/c1-10(8-14-5-4-12-9-14)13-7-11-3-2-6-15-11/h2-6,9-10,13H,7-8H2,1H3. The fraction of sp³-hybridized carbons (Fsp3) is 0.364. The van der Waals surface area contributed by atoms with E-state index in [9.17, 15) is 0 Å². The third-order valence-electron chi connectivity index (χ3n) is 2.25. The van der Waals surface area contributed by atoms with Crippen LogP contribution < -0.4 is 5.32 Å². The monoisotopic (exact) mass is 205 g/mol. The van der Waals surface area contributed by atoms with Crippen molar-refractivity contribution in [2.24, 2.45) is 0 Å². The minimum Gasteiger partial charge on any atom is -0.468 e. The van der Waals surface area contributed by atoms with Crippen LogP contribution in [0.2, 0.25) is 0 Å². The minimum atomic E-state index is 0.393. The van der Waals surface area contributed by atoms with Crippen LogP contribution in [-0.2, 0) is 13.1 Å². The zero-order valence-corrected chi connectivity index (χ0v) is 8.76. The average molecular weight is 205 g/mol. The molecular weight excluding hydrogens is 190 g/mol. The summed E-state index contributed by atoms with van der Waals surface area (Å²) in [6.07, 6.45) is 7.27. The first kappa shape index (κ1) is 9.98. The number of furan rings is 1. The SMILES string of the molecule is CC(Cn1ccnc1)NCc1ccco1. The number of nitrogens with one attached hydrogen (secondary N) is 1. The van der Waals surface area contributed by atoms with Gasteiger partial charge in [0.1, 0.15) is 5.76 Å². The molecule has 0 aliphatic heterocycles. The molecule has 2 aromatic rings. The van der Waals surface area contributed by atoms with Crippen LogP contribution in [0.1, 0.15) is 12.7 Å². The van der Waals surface area contributed by atoms with Crippen LogP contribution >= 0.6 is 0 Å². The van der Waals surface area contributed by atoms with Crippen molar-refractivity contribution in [1.82, 2.24) is 14.9 Å². The third-order valence-corrected chi connectivity index (χ3v) is 2.25. The molecule has 4 heteroatoms.